The van der Waals surface area contributed by atoms with Gasteiger partial charge in [0.2, 0.25) is 15.9 Å². The molecule has 1 atom stereocenters. The van der Waals surface area contributed by atoms with Crippen LogP contribution in [0.1, 0.15) is 19.3 Å². The van der Waals surface area contributed by atoms with Crippen LogP contribution in [-0.4, -0.2) is 53.2 Å². The van der Waals surface area contributed by atoms with Gasteiger partial charge >= 0.3 is 0 Å². The van der Waals surface area contributed by atoms with E-state index in [1.807, 2.05) is 11.0 Å². The van der Waals surface area contributed by atoms with E-state index in [-0.39, 0.29) is 22.9 Å². The second-order valence-corrected chi connectivity index (χ2v) is 8.55. The van der Waals surface area contributed by atoms with Gasteiger partial charge in [0.15, 0.2) is 0 Å². The van der Waals surface area contributed by atoms with Gasteiger partial charge in [-0.25, -0.2) is 13.4 Å². The molecule has 0 aliphatic carbocycles. The molecule has 0 bridgehead atoms. The van der Waals surface area contributed by atoms with Crippen LogP contribution < -0.4 is 10.0 Å². The van der Waals surface area contributed by atoms with Crippen LogP contribution in [0.25, 0.3) is 0 Å². The number of nitrogens with zero attached hydrogens (tertiary/aromatic N) is 4. The molecule has 1 aromatic carbocycles. The Morgan fingerprint density at radius 3 is 2.74 bits per heavy atom. The number of likely N-dealkylation sites (tertiary alicyclic amines) is 1. The number of carbonyl (C=O) groups excluding carboxylic acids is 1. The monoisotopic (exact) mass is 390 g/mol. The zero-order chi connectivity index (χ0) is 18.9. The fraction of sp³-hybridized carbons (Fsp3) is 0.471. The van der Waals surface area contributed by atoms with Crippen molar-refractivity contribution in [2.24, 2.45) is 5.92 Å². The minimum Gasteiger partial charge on any atom is -0.368 e. The Morgan fingerprint density at radius 1 is 1.22 bits per heavy atom. The van der Waals surface area contributed by atoms with Crippen molar-refractivity contribution in [2.75, 3.05) is 18.4 Å². The highest BCUT2D eigenvalue weighted by Crippen LogP contribution is 2.30. The lowest BCUT2D eigenvalue weighted by Crippen LogP contribution is -2.52. The number of fused-ring (bicyclic) bond motifs is 1. The number of benzene rings is 1. The topological polar surface area (TPSA) is 109 Å². The van der Waals surface area contributed by atoms with E-state index in [0.717, 1.165) is 12.8 Å². The molecule has 27 heavy (non-hydrogen) atoms. The normalized spacial score (nSPS) is 22.1. The van der Waals surface area contributed by atoms with Crippen molar-refractivity contribution in [3.8, 4) is 0 Å². The smallest absolute Gasteiger partial charge is 0.244 e. The largest absolute Gasteiger partial charge is 0.368 e. The maximum absolute atomic E-state index is 12.5. The number of piperidine rings is 1. The molecule has 144 valence electrons. The average Bonchev–Trinajstić information content (AvgIpc) is 3.19. The standard InChI is InChI=1S/C17H22N6O3S/c24-16(7-10-23-12-18-11-19-23)22-8-5-13(6-9-22)17-20-14-3-1-2-4-15(14)27(25,26)21-17/h1-4,11-13,17,20-21H,5-10H2/t17-/m0/s1. The molecule has 1 amide bonds. The third-order valence-corrected chi connectivity index (χ3v) is 6.65. The van der Waals surface area contributed by atoms with Gasteiger partial charge < -0.3 is 10.2 Å². The van der Waals surface area contributed by atoms with E-state index in [1.54, 1.807) is 29.2 Å². The number of rotatable bonds is 4. The van der Waals surface area contributed by atoms with Gasteiger partial charge in [-0.2, -0.15) is 9.82 Å². The Labute approximate surface area is 157 Å². The predicted octanol–water partition coefficient (Wildman–Crippen LogP) is 0.637. The van der Waals surface area contributed by atoms with Gasteiger partial charge in [-0.1, -0.05) is 12.1 Å². The summed E-state index contributed by atoms with van der Waals surface area (Å²) in [5.74, 6) is 0.221. The first-order valence-corrected chi connectivity index (χ1v) is 10.5. The first-order valence-electron chi connectivity index (χ1n) is 9.01. The van der Waals surface area contributed by atoms with Crippen LogP contribution in [0, 0.1) is 5.92 Å². The molecule has 2 aliphatic heterocycles. The molecule has 2 N–H and O–H groups in total. The summed E-state index contributed by atoms with van der Waals surface area (Å²) in [6.07, 6.45) is 4.58. The van der Waals surface area contributed by atoms with E-state index in [9.17, 15) is 13.2 Å². The second kappa shape index (κ2) is 7.28. The van der Waals surface area contributed by atoms with Crippen LogP contribution in [-0.2, 0) is 21.4 Å². The van der Waals surface area contributed by atoms with Gasteiger partial charge in [-0.05, 0) is 30.9 Å². The summed E-state index contributed by atoms with van der Waals surface area (Å²) < 4.78 is 29.3. The number of para-hydroxylation sites is 1. The summed E-state index contributed by atoms with van der Waals surface area (Å²) in [6.45, 7) is 1.77. The van der Waals surface area contributed by atoms with E-state index < -0.39 is 10.0 Å². The second-order valence-electron chi connectivity index (χ2n) is 6.87. The Bertz CT molecular complexity index is 907. The first-order chi connectivity index (χ1) is 13.0. The maximum Gasteiger partial charge on any atom is 0.244 e. The van der Waals surface area contributed by atoms with Gasteiger partial charge in [-0.3, -0.25) is 9.48 Å². The van der Waals surface area contributed by atoms with Crippen LogP contribution in [0.5, 0.6) is 0 Å². The minimum atomic E-state index is -3.51. The van der Waals surface area contributed by atoms with Gasteiger partial charge in [-0.15, -0.1) is 0 Å². The number of amides is 1. The van der Waals surface area contributed by atoms with Crippen LogP contribution in [0.2, 0.25) is 0 Å². The van der Waals surface area contributed by atoms with Gasteiger partial charge in [0.25, 0.3) is 0 Å². The lowest BCUT2D eigenvalue weighted by atomic mass is 9.93. The molecule has 0 spiro atoms. The molecular formula is C17H22N6O3S. The first kappa shape index (κ1) is 17.9. The van der Waals surface area contributed by atoms with Crippen LogP contribution in [0.15, 0.2) is 41.8 Å². The third kappa shape index (κ3) is 3.81. The van der Waals surface area contributed by atoms with Crippen molar-refractivity contribution >= 4 is 21.6 Å². The zero-order valence-corrected chi connectivity index (χ0v) is 15.6. The van der Waals surface area contributed by atoms with E-state index in [0.29, 0.717) is 31.7 Å². The number of sulfonamides is 1. The van der Waals surface area contributed by atoms with Crippen molar-refractivity contribution in [1.29, 1.82) is 0 Å². The number of hydrogen-bond donors (Lipinski definition) is 2. The Hall–Kier alpha value is -2.46. The number of aryl methyl sites for hydroxylation is 1. The molecule has 2 aromatic rings. The Balaban J connectivity index is 1.34. The van der Waals surface area contributed by atoms with E-state index in [2.05, 4.69) is 20.1 Å². The molecule has 0 saturated carbocycles. The summed E-state index contributed by atoms with van der Waals surface area (Å²) in [4.78, 5) is 18.4. The Morgan fingerprint density at radius 2 is 2.00 bits per heavy atom. The lowest BCUT2D eigenvalue weighted by molar-refractivity contribution is -0.133. The fourth-order valence-electron chi connectivity index (χ4n) is 3.66. The quantitative estimate of drug-likeness (QED) is 0.793. The fourth-order valence-corrected chi connectivity index (χ4v) is 5.05. The highest BCUT2D eigenvalue weighted by atomic mass is 32.2. The molecule has 1 aromatic heterocycles. The van der Waals surface area contributed by atoms with Gasteiger partial charge in [0.1, 0.15) is 17.6 Å². The van der Waals surface area contributed by atoms with Crippen LogP contribution in [0.4, 0.5) is 5.69 Å². The lowest BCUT2D eigenvalue weighted by Gasteiger charge is -2.38. The SMILES string of the molecule is O=C(CCn1cncn1)N1CCC([C@H]2Nc3ccccc3S(=O)(=O)N2)CC1. The molecule has 10 heteroatoms. The highest BCUT2D eigenvalue weighted by molar-refractivity contribution is 7.89. The van der Waals surface area contributed by atoms with Crippen molar-refractivity contribution < 1.29 is 13.2 Å². The van der Waals surface area contributed by atoms with Crippen molar-refractivity contribution in [3.05, 3.63) is 36.9 Å². The van der Waals surface area contributed by atoms with Crippen molar-refractivity contribution in [3.63, 3.8) is 0 Å². The summed E-state index contributed by atoms with van der Waals surface area (Å²) in [7, 11) is -3.51. The van der Waals surface area contributed by atoms with Crippen LogP contribution >= 0.6 is 0 Å². The van der Waals surface area contributed by atoms with Crippen LogP contribution in [0.3, 0.4) is 0 Å². The predicted molar refractivity (Wildman–Crippen MR) is 98.1 cm³/mol. The van der Waals surface area contributed by atoms with E-state index in [4.69, 9.17) is 0 Å². The van der Waals surface area contributed by atoms with Gasteiger partial charge in [0.05, 0.1) is 18.4 Å². The zero-order valence-electron chi connectivity index (χ0n) is 14.8. The summed E-state index contributed by atoms with van der Waals surface area (Å²) in [6, 6.07) is 6.91. The molecule has 1 saturated heterocycles. The molecule has 0 radical (unpaired) electrons. The summed E-state index contributed by atoms with van der Waals surface area (Å²) in [5, 5.41) is 7.30. The third-order valence-electron chi connectivity index (χ3n) is 5.15. The maximum atomic E-state index is 12.5. The average molecular weight is 390 g/mol. The number of aromatic nitrogens is 3. The molecule has 9 nitrogen and oxygen atoms in total. The highest BCUT2D eigenvalue weighted by Gasteiger charge is 2.35. The van der Waals surface area contributed by atoms with Gasteiger partial charge in [0, 0.05) is 19.5 Å². The number of nitrogens with one attached hydrogen (secondary N) is 2. The summed E-state index contributed by atoms with van der Waals surface area (Å²) in [5.41, 5.74) is 0.632. The van der Waals surface area contributed by atoms with E-state index >= 15 is 0 Å². The van der Waals surface area contributed by atoms with Crippen molar-refractivity contribution in [2.45, 2.75) is 36.9 Å². The molecule has 4 rings (SSSR count). The molecule has 2 aliphatic rings. The molecule has 0 unspecified atom stereocenters. The molecule has 1 fully saturated rings. The number of hydrogen-bond acceptors (Lipinski definition) is 6. The molecule has 3 heterocycles. The molecular weight excluding hydrogens is 368 g/mol. The Kier molecular flexibility index (Phi) is 4.83. The summed E-state index contributed by atoms with van der Waals surface area (Å²) >= 11 is 0. The number of carbonyl (C=O) groups is 1. The number of anilines is 1. The van der Waals surface area contributed by atoms with Crippen molar-refractivity contribution in [1.82, 2.24) is 24.4 Å². The minimum absolute atomic E-state index is 0.0893. The van der Waals surface area contributed by atoms with E-state index in [1.165, 1.54) is 6.33 Å².